The number of ether oxygens (including phenoxy) is 1. The van der Waals surface area contributed by atoms with Crippen LogP contribution in [0.5, 0.6) is 5.75 Å². The Labute approximate surface area is 144 Å². The maximum atomic E-state index is 11.9. The zero-order valence-corrected chi connectivity index (χ0v) is 13.4. The van der Waals surface area contributed by atoms with Gasteiger partial charge < -0.3 is 15.4 Å². The van der Waals surface area contributed by atoms with E-state index in [2.05, 4.69) is 15.6 Å². The first-order valence-electron chi connectivity index (χ1n) is 7.81. The van der Waals surface area contributed by atoms with Crippen molar-refractivity contribution < 1.29 is 14.3 Å². The summed E-state index contributed by atoms with van der Waals surface area (Å²) >= 11 is 0. The van der Waals surface area contributed by atoms with Crippen molar-refractivity contribution in [2.75, 3.05) is 18.5 Å². The number of carbonyl (C=O) groups is 2. The summed E-state index contributed by atoms with van der Waals surface area (Å²) in [6.45, 7) is -0.295. The van der Waals surface area contributed by atoms with Crippen LogP contribution in [0, 0.1) is 0 Å². The smallest absolute Gasteiger partial charge is 0.258 e. The van der Waals surface area contributed by atoms with Crippen LogP contribution in [0.4, 0.5) is 5.82 Å². The molecule has 25 heavy (non-hydrogen) atoms. The number of carbonyl (C=O) groups excluding carboxylic acids is 2. The fourth-order valence-corrected chi connectivity index (χ4v) is 2.22. The van der Waals surface area contributed by atoms with Crippen molar-refractivity contribution in [2.45, 2.75) is 0 Å². The minimum atomic E-state index is -0.370. The molecule has 0 unspecified atom stereocenters. The quantitative estimate of drug-likeness (QED) is 0.725. The van der Waals surface area contributed by atoms with Gasteiger partial charge in [0.2, 0.25) is 5.91 Å². The van der Waals surface area contributed by atoms with Crippen LogP contribution in [0.3, 0.4) is 0 Å². The highest BCUT2D eigenvalue weighted by Crippen LogP contribution is 2.14. The summed E-state index contributed by atoms with van der Waals surface area (Å²) < 4.78 is 5.31. The van der Waals surface area contributed by atoms with Crippen molar-refractivity contribution in [3.05, 3.63) is 66.7 Å². The maximum absolute atomic E-state index is 11.9. The van der Waals surface area contributed by atoms with Crippen molar-refractivity contribution in [1.29, 1.82) is 0 Å². The van der Waals surface area contributed by atoms with Crippen molar-refractivity contribution >= 4 is 28.5 Å². The highest BCUT2D eigenvalue weighted by Gasteiger charge is 2.08. The molecular weight excluding hydrogens is 318 g/mol. The standard InChI is InChI=1S/C19H17N3O3/c23-18(12-20-19(24)13-25-15-7-2-1-3-8-15)22-17-11-10-14-6-4-5-9-16(14)21-17/h1-11H,12-13H2,(H,20,24)(H,21,22,23). The first-order valence-corrected chi connectivity index (χ1v) is 7.81. The molecule has 1 aromatic heterocycles. The van der Waals surface area contributed by atoms with E-state index in [4.69, 9.17) is 4.74 Å². The van der Waals surface area contributed by atoms with Crippen LogP contribution < -0.4 is 15.4 Å². The van der Waals surface area contributed by atoms with Gasteiger partial charge in [-0.25, -0.2) is 4.98 Å². The molecule has 0 radical (unpaired) electrons. The predicted octanol–water partition coefficient (Wildman–Crippen LogP) is 2.37. The van der Waals surface area contributed by atoms with Gasteiger partial charge in [-0.3, -0.25) is 9.59 Å². The van der Waals surface area contributed by atoms with Crippen molar-refractivity contribution in [3.8, 4) is 5.75 Å². The fourth-order valence-electron chi connectivity index (χ4n) is 2.22. The van der Waals surface area contributed by atoms with Crippen LogP contribution in [0.25, 0.3) is 10.9 Å². The molecule has 0 saturated carbocycles. The lowest BCUT2D eigenvalue weighted by Crippen LogP contribution is -2.35. The first kappa shape index (κ1) is 16.4. The molecule has 6 heteroatoms. The zero-order valence-electron chi connectivity index (χ0n) is 13.4. The molecule has 0 atom stereocenters. The van der Waals surface area contributed by atoms with Crippen molar-refractivity contribution in [1.82, 2.24) is 10.3 Å². The molecular formula is C19H17N3O3. The summed E-state index contributed by atoms with van der Waals surface area (Å²) in [6, 6.07) is 20.2. The van der Waals surface area contributed by atoms with E-state index in [0.29, 0.717) is 11.6 Å². The third-order valence-electron chi connectivity index (χ3n) is 3.43. The predicted molar refractivity (Wildman–Crippen MR) is 95.3 cm³/mol. The van der Waals surface area contributed by atoms with Crippen LogP contribution >= 0.6 is 0 Å². The Kier molecular flexibility index (Phi) is 5.21. The number of nitrogens with one attached hydrogen (secondary N) is 2. The number of amides is 2. The summed E-state index contributed by atoms with van der Waals surface area (Å²) in [5, 5.41) is 6.16. The second-order valence-corrected chi connectivity index (χ2v) is 5.32. The number of fused-ring (bicyclic) bond motifs is 1. The molecule has 126 valence electrons. The highest BCUT2D eigenvalue weighted by atomic mass is 16.5. The van der Waals surface area contributed by atoms with Gasteiger partial charge in [-0.15, -0.1) is 0 Å². The molecule has 3 rings (SSSR count). The number of rotatable bonds is 6. The van der Waals surface area contributed by atoms with Gasteiger partial charge in [0.25, 0.3) is 5.91 Å². The van der Waals surface area contributed by atoms with E-state index < -0.39 is 0 Å². The Hall–Kier alpha value is -3.41. The molecule has 3 aromatic rings. The normalized spacial score (nSPS) is 10.2. The molecule has 2 aromatic carbocycles. The van der Waals surface area contributed by atoms with Crippen molar-refractivity contribution in [2.24, 2.45) is 0 Å². The van der Waals surface area contributed by atoms with E-state index in [1.807, 2.05) is 48.5 Å². The molecule has 0 bridgehead atoms. The Morgan fingerprint density at radius 1 is 0.880 bits per heavy atom. The summed E-state index contributed by atoms with van der Waals surface area (Å²) in [5.74, 6) is 0.322. The minimum Gasteiger partial charge on any atom is -0.484 e. The summed E-state index contributed by atoms with van der Waals surface area (Å²) in [7, 11) is 0. The molecule has 2 amide bonds. The maximum Gasteiger partial charge on any atom is 0.258 e. The number of nitrogens with zero attached hydrogens (tertiary/aromatic N) is 1. The first-order chi connectivity index (χ1) is 12.2. The van der Waals surface area contributed by atoms with Crippen LogP contribution in [0.15, 0.2) is 66.7 Å². The largest absolute Gasteiger partial charge is 0.484 e. The van der Waals surface area contributed by atoms with Gasteiger partial charge in [0.05, 0.1) is 12.1 Å². The number of pyridine rings is 1. The molecule has 2 N–H and O–H groups in total. The Balaban J connectivity index is 1.46. The van der Waals surface area contributed by atoms with Gasteiger partial charge in [0.15, 0.2) is 6.61 Å². The van der Waals surface area contributed by atoms with Gasteiger partial charge in [-0.05, 0) is 30.3 Å². The Morgan fingerprint density at radius 3 is 2.48 bits per heavy atom. The van der Waals surface area contributed by atoms with Crippen molar-refractivity contribution in [3.63, 3.8) is 0 Å². The minimum absolute atomic E-state index is 0.147. The van der Waals surface area contributed by atoms with Gasteiger partial charge in [-0.2, -0.15) is 0 Å². The van der Waals surface area contributed by atoms with E-state index in [-0.39, 0.29) is 25.0 Å². The Bertz CT molecular complexity index is 881. The molecule has 0 aliphatic heterocycles. The van der Waals surface area contributed by atoms with E-state index in [9.17, 15) is 9.59 Å². The number of hydrogen-bond acceptors (Lipinski definition) is 4. The third kappa shape index (κ3) is 4.78. The van der Waals surface area contributed by atoms with Crippen LogP contribution in [-0.2, 0) is 9.59 Å². The Morgan fingerprint density at radius 2 is 1.64 bits per heavy atom. The van der Waals surface area contributed by atoms with Gasteiger partial charge in [0, 0.05) is 5.39 Å². The lowest BCUT2D eigenvalue weighted by molar-refractivity contribution is -0.125. The molecule has 0 aliphatic rings. The fraction of sp³-hybridized carbons (Fsp3) is 0.105. The van der Waals surface area contributed by atoms with Gasteiger partial charge in [-0.1, -0.05) is 36.4 Å². The molecule has 0 aliphatic carbocycles. The lowest BCUT2D eigenvalue weighted by Gasteiger charge is -2.08. The van der Waals surface area contributed by atoms with E-state index >= 15 is 0 Å². The van der Waals surface area contributed by atoms with E-state index in [1.54, 1.807) is 18.2 Å². The monoisotopic (exact) mass is 335 g/mol. The molecule has 0 saturated heterocycles. The van der Waals surface area contributed by atoms with Crippen LogP contribution in [-0.4, -0.2) is 29.9 Å². The SMILES string of the molecule is O=C(COc1ccccc1)NCC(=O)Nc1ccc2ccccc2n1. The molecule has 1 heterocycles. The molecule has 6 nitrogen and oxygen atoms in total. The number of hydrogen-bond donors (Lipinski definition) is 2. The third-order valence-corrected chi connectivity index (χ3v) is 3.43. The van der Waals surface area contributed by atoms with Crippen LogP contribution in [0.1, 0.15) is 0 Å². The second kappa shape index (κ2) is 7.92. The van der Waals surface area contributed by atoms with E-state index in [1.165, 1.54) is 0 Å². The lowest BCUT2D eigenvalue weighted by atomic mass is 10.2. The molecule has 0 fully saturated rings. The van der Waals surface area contributed by atoms with Gasteiger partial charge >= 0.3 is 0 Å². The van der Waals surface area contributed by atoms with Gasteiger partial charge in [0.1, 0.15) is 11.6 Å². The number of benzene rings is 2. The number of aromatic nitrogens is 1. The summed E-state index contributed by atoms with van der Waals surface area (Å²) in [6.07, 6.45) is 0. The summed E-state index contributed by atoms with van der Waals surface area (Å²) in [5.41, 5.74) is 0.792. The number of anilines is 1. The zero-order chi connectivity index (χ0) is 17.5. The topological polar surface area (TPSA) is 80.3 Å². The average Bonchev–Trinajstić information content (AvgIpc) is 2.65. The summed E-state index contributed by atoms with van der Waals surface area (Å²) in [4.78, 5) is 28.0. The molecule has 0 spiro atoms. The van der Waals surface area contributed by atoms with E-state index in [0.717, 1.165) is 10.9 Å². The van der Waals surface area contributed by atoms with Crippen LogP contribution in [0.2, 0.25) is 0 Å². The average molecular weight is 335 g/mol. The highest BCUT2D eigenvalue weighted by molar-refractivity contribution is 5.95. The second-order valence-electron chi connectivity index (χ2n) is 5.32. The number of para-hydroxylation sites is 2.